The van der Waals surface area contributed by atoms with Crippen LogP contribution < -0.4 is 5.32 Å². The first-order valence-electron chi connectivity index (χ1n) is 6.91. The van der Waals surface area contributed by atoms with Crippen molar-refractivity contribution >= 4 is 11.0 Å². The summed E-state index contributed by atoms with van der Waals surface area (Å²) in [6.07, 6.45) is 6.76. The van der Waals surface area contributed by atoms with Crippen LogP contribution in [0.25, 0.3) is 11.0 Å². The molecule has 20 heavy (non-hydrogen) atoms. The third kappa shape index (κ3) is 2.58. The Morgan fingerprint density at radius 1 is 1.30 bits per heavy atom. The van der Waals surface area contributed by atoms with Crippen molar-refractivity contribution in [3.63, 3.8) is 0 Å². The molecule has 0 amide bonds. The molecule has 0 atom stereocenters. The minimum absolute atomic E-state index is 0.654. The summed E-state index contributed by atoms with van der Waals surface area (Å²) in [5.41, 5.74) is 2.25. The molecule has 0 fully saturated rings. The molecule has 1 N–H and O–H groups in total. The lowest BCUT2D eigenvalue weighted by molar-refractivity contribution is 0.377. The Morgan fingerprint density at radius 3 is 3.05 bits per heavy atom. The second-order valence-corrected chi connectivity index (χ2v) is 4.81. The van der Waals surface area contributed by atoms with Crippen molar-refractivity contribution in [3.8, 4) is 0 Å². The van der Waals surface area contributed by atoms with Gasteiger partial charge in [0.15, 0.2) is 5.76 Å². The Morgan fingerprint density at radius 2 is 2.25 bits per heavy atom. The van der Waals surface area contributed by atoms with E-state index in [0.717, 1.165) is 30.9 Å². The van der Waals surface area contributed by atoms with Crippen LogP contribution in [0.5, 0.6) is 0 Å². The lowest BCUT2D eigenvalue weighted by atomic mass is 10.2. The zero-order chi connectivity index (χ0) is 13.8. The van der Waals surface area contributed by atoms with Crippen molar-refractivity contribution < 1.29 is 4.52 Å². The van der Waals surface area contributed by atoms with Crippen LogP contribution in [0.15, 0.2) is 41.3 Å². The van der Waals surface area contributed by atoms with Gasteiger partial charge in [0.1, 0.15) is 5.65 Å². The van der Waals surface area contributed by atoms with Crippen molar-refractivity contribution in [1.29, 1.82) is 0 Å². The van der Waals surface area contributed by atoms with Crippen LogP contribution >= 0.6 is 0 Å². The van der Waals surface area contributed by atoms with Gasteiger partial charge in [0.05, 0.1) is 12.7 Å². The average Bonchev–Trinajstić information content (AvgIpc) is 3.09. The Hall–Kier alpha value is -2.14. The maximum atomic E-state index is 5.18. The van der Waals surface area contributed by atoms with Crippen molar-refractivity contribution in [1.82, 2.24) is 20.0 Å². The maximum Gasteiger partial charge on any atom is 0.156 e. The van der Waals surface area contributed by atoms with E-state index in [1.807, 2.05) is 18.3 Å². The Balaban J connectivity index is 1.91. The van der Waals surface area contributed by atoms with Gasteiger partial charge < -0.3 is 14.4 Å². The lowest BCUT2D eigenvalue weighted by Crippen LogP contribution is -2.13. The number of pyridine rings is 1. The van der Waals surface area contributed by atoms with Crippen LogP contribution in [0.3, 0.4) is 0 Å². The van der Waals surface area contributed by atoms with Gasteiger partial charge in [-0.1, -0.05) is 12.1 Å². The molecule has 3 aromatic rings. The molecule has 0 bridgehead atoms. The van der Waals surface area contributed by atoms with Gasteiger partial charge in [0.25, 0.3) is 0 Å². The number of hydrogen-bond acceptors (Lipinski definition) is 4. The Labute approximate surface area is 117 Å². The molecule has 5 nitrogen and oxygen atoms in total. The van der Waals surface area contributed by atoms with E-state index >= 15 is 0 Å². The van der Waals surface area contributed by atoms with Crippen LogP contribution in [0, 0.1) is 0 Å². The highest BCUT2D eigenvalue weighted by Gasteiger charge is 2.10. The van der Waals surface area contributed by atoms with Gasteiger partial charge in [-0.2, -0.15) is 0 Å². The predicted octanol–water partition coefficient (Wildman–Crippen LogP) is 2.57. The fourth-order valence-electron chi connectivity index (χ4n) is 2.35. The molecule has 5 heteroatoms. The van der Waals surface area contributed by atoms with E-state index in [9.17, 15) is 0 Å². The van der Waals surface area contributed by atoms with Gasteiger partial charge >= 0.3 is 0 Å². The minimum atomic E-state index is 0.654. The van der Waals surface area contributed by atoms with Gasteiger partial charge in [-0.05, 0) is 30.7 Å². The minimum Gasteiger partial charge on any atom is -0.359 e. The van der Waals surface area contributed by atoms with E-state index in [4.69, 9.17) is 4.52 Å². The second-order valence-electron chi connectivity index (χ2n) is 4.81. The molecule has 0 aliphatic carbocycles. The standard InChI is InChI=1S/C15H18N4O/c1-2-6-16-9-12-10-19(11-13-5-8-18-20-13)15-14(12)4-3-7-17-15/h3-5,7-8,10,16H,2,6,9,11H2,1H3. The topological polar surface area (TPSA) is 55.9 Å². The number of aromatic nitrogens is 3. The summed E-state index contributed by atoms with van der Waals surface area (Å²) >= 11 is 0. The lowest BCUT2D eigenvalue weighted by Gasteiger charge is -2.00. The van der Waals surface area contributed by atoms with Gasteiger partial charge in [-0.3, -0.25) is 0 Å². The van der Waals surface area contributed by atoms with E-state index < -0.39 is 0 Å². The molecule has 0 aliphatic heterocycles. The highest BCUT2D eigenvalue weighted by Crippen LogP contribution is 2.20. The molecular weight excluding hydrogens is 252 g/mol. The predicted molar refractivity (Wildman–Crippen MR) is 77.3 cm³/mol. The number of fused-ring (bicyclic) bond motifs is 1. The summed E-state index contributed by atoms with van der Waals surface area (Å²) in [6, 6.07) is 5.97. The van der Waals surface area contributed by atoms with Gasteiger partial charge in [0, 0.05) is 30.4 Å². The molecule has 0 aliphatic rings. The van der Waals surface area contributed by atoms with E-state index in [0.29, 0.717) is 6.54 Å². The monoisotopic (exact) mass is 270 g/mol. The van der Waals surface area contributed by atoms with Crippen LogP contribution in [0.2, 0.25) is 0 Å². The number of nitrogens with one attached hydrogen (secondary N) is 1. The molecule has 104 valence electrons. The zero-order valence-electron chi connectivity index (χ0n) is 11.5. The normalized spacial score (nSPS) is 11.2. The Bertz CT molecular complexity index is 672. The molecule has 0 saturated carbocycles. The highest BCUT2D eigenvalue weighted by molar-refractivity contribution is 5.80. The second kappa shape index (κ2) is 5.88. The summed E-state index contributed by atoms with van der Waals surface area (Å²) in [5.74, 6) is 0.834. The molecule has 0 unspecified atom stereocenters. The fraction of sp³-hybridized carbons (Fsp3) is 0.333. The summed E-state index contributed by atoms with van der Waals surface area (Å²) in [6.45, 7) is 4.71. The fourth-order valence-corrected chi connectivity index (χ4v) is 2.35. The Kier molecular flexibility index (Phi) is 3.78. The average molecular weight is 270 g/mol. The SMILES string of the molecule is CCCNCc1cn(Cc2ccno2)c2ncccc12. The smallest absolute Gasteiger partial charge is 0.156 e. The van der Waals surface area contributed by atoms with Gasteiger partial charge in [-0.15, -0.1) is 0 Å². The quantitative estimate of drug-likeness (QED) is 0.699. The summed E-state index contributed by atoms with van der Waals surface area (Å²) in [4.78, 5) is 4.48. The molecular formula is C15H18N4O. The van der Waals surface area contributed by atoms with Gasteiger partial charge in [-0.25, -0.2) is 4.98 Å². The van der Waals surface area contributed by atoms with Crippen LogP contribution in [-0.4, -0.2) is 21.3 Å². The van der Waals surface area contributed by atoms with Crippen LogP contribution in [0.1, 0.15) is 24.7 Å². The highest BCUT2D eigenvalue weighted by atomic mass is 16.5. The first kappa shape index (κ1) is 12.9. The van der Waals surface area contributed by atoms with Crippen molar-refractivity contribution in [2.75, 3.05) is 6.54 Å². The molecule has 0 saturated heterocycles. The van der Waals surface area contributed by atoms with E-state index in [-0.39, 0.29) is 0 Å². The van der Waals surface area contributed by atoms with Crippen LogP contribution in [0.4, 0.5) is 0 Å². The largest absolute Gasteiger partial charge is 0.359 e. The van der Waals surface area contributed by atoms with Crippen molar-refractivity contribution in [3.05, 3.63) is 48.1 Å². The summed E-state index contributed by atoms with van der Waals surface area (Å²) in [5, 5.41) is 8.37. The van der Waals surface area contributed by atoms with E-state index in [1.165, 1.54) is 10.9 Å². The zero-order valence-corrected chi connectivity index (χ0v) is 11.5. The van der Waals surface area contributed by atoms with E-state index in [1.54, 1.807) is 6.20 Å². The number of hydrogen-bond donors (Lipinski definition) is 1. The molecule has 3 rings (SSSR count). The van der Waals surface area contributed by atoms with Crippen LogP contribution in [-0.2, 0) is 13.1 Å². The summed E-state index contributed by atoms with van der Waals surface area (Å²) in [7, 11) is 0. The molecule has 0 radical (unpaired) electrons. The van der Waals surface area contributed by atoms with E-state index in [2.05, 4.69) is 39.2 Å². The third-order valence-corrected chi connectivity index (χ3v) is 3.28. The maximum absolute atomic E-state index is 5.18. The third-order valence-electron chi connectivity index (χ3n) is 3.28. The van der Waals surface area contributed by atoms with Crippen molar-refractivity contribution in [2.24, 2.45) is 0 Å². The molecule has 0 aromatic carbocycles. The molecule has 0 spiro atoms. The summed E-state index contributed by atoms with van der Waals surface area (Å²) < 4.78 is 7.29. The number of rotatable bonds is 6. The number of nitrogens with zero attached hydrogens (tertiary/aromatic N) is 3. The first-order valence-corrected chi connectivity index (χ1v) is 6.91. The van der Waals surface area contributed by atoms with Gasteiger partial charge in [0.2, 0.25) is 0 Å². The molecule has 3 heterocycles. The molecule has 3 aromatic heterocycles. The van der Waals surface area contributed by atoms with Crippen molar-refractivity contribution in [2.45, 2.75) is 26.4 Å². The first-order chi connectivity index (χ1) is 9.88.